The summed E-state index contributed by atoms with van der Waals surface area (Å²) in [6, 6.07) is 5.36. The van der Waals surface area contributed by atoms with Gasteiger partial charge in [-0.05, 0) is 35.6 Å². The average Bonchev–Trinajstić information content (AvgIpc) is 2.25. The first-order valence-electron chi connectivity index (χ1n) is 5.68. The van der Waals surface area contributed by atoms with Crippen LogP contribution in [0.3, 0.4) is 0 Å². The zero-order chi connectivity index (χ0) is 13.0. The van der Waals surface area contributed by atoms with Crippen LogP contribution in [0.25, 0.3) is 0 Å². The van der Waals surface area contributed by atoms with Crippen molar-refractivity contribution in [3.63, 3.8) is 0 Å². The van der Waals surface area contributed by atoms with Crippen molar-refractivity contribution in [1.82, 2.24) is 0 Å². The van der Waals surface area contributed by atoms with Crippen LogP contribution in [0.15, 0.2) is 18.2 Å². The number of hydrogen-bond acceptors (Lipinski definition) is 2. The van der Waals surface area contributed by atoms with E-state index in [0.717, 1.165) is 11.1 Å². The number of halogens is 1. The molecule has 3 N–H and O–H groups in total. The van der Waals surface area contributed by atoms with E-state index < -0.39 is 5.97 Å². The SMILES string of the molecule is CC(C)c1ccc(Cl)cc1C(N)CCC(=O)O. The van der Waals surface area contributed by atoms with E-state index in [2.05, 4.69) is 13.8 Å². The maximum atomic E-state index is 10.5. The molecule has 4 heteroatoms. The molecule has 17 heavy (non-hydrogen) atoms. The molecule has 0 bridgehead atoms. The van der Waals surface area contributed by atoms with Gasteiger partial charge in [0.2, 0.25) is 0 Å². The average molecular weight is 256 g/mol. The maximum Gasteiger partial charge on any atom is 0.303 e. The molecule has 0 amide bonds. The van der Waals surface area contributed by atoms with Gasteiger partial charge in [-0.1, -0.05) is 31.5 Å². The van der Waals surface area contributed by atoms with Gasteiger partial charge in [0, 0.05) is 17.5 Å². The lowest BCUT2D eigenvalue weighted by atomic mass is 9.91. The summed E-state index contributed by atoms with van der Waals surface area (Å²) < 4.78 is 0. The summed E-state index contributed by atoms with van der Waals surface area (Å²) in [5.41, 5.74) is 8.11. The molecule has 1 unspecified atom stereocenters. The number of carboxylic acids is 1. The zero-order valence-corrected chi connectivity index (χ0v) is 10.9. The van der Waals surface area contributed by atoms with Gasteiger partial charge < -0.3 is 10.8 Å². The minimum absolute atomic E-state index is 0.0746. The van der Waals surface area contributed by atoms with Gasteiger partial charge in [-0.2, -0.15) is 0 Å². The third-order valence-electron chi connectivity index (χ3n) is 2.74. The van der Waals surface area contributed by atoms with Crippen molar-refractivity contribution >= 4 is 17.6 Å². The highest BCUT2D eigenvalue weighted by molar-refractivity contribution is 6.30. The summed E-state index contributed by atoms with van der Waals surface area (Å²) in [6.45, 7) is 4.16. The van der Waals surface area contributed by atoms with Crippen molar-refractivity contribution in [2.75, 3.05) is 0 Å². The van der Waals surface area contributed by atoms with Gasteiger partial charge in [0.15, 0.2) is 0 Å². The Morgan fingerprint density at radius 1 is 1.41 bits per heavy atom. The van der Waals surface area contributed by atoms with Gasteiger partial charge in [0.05, 0.1) is 0 Å². The molecular weight excluding hydrogens is 238 g/mol. The number of benzene rings is 1. The van der Waals surface area contributed by atoms with Crippen molar-refractivity contribution < 1.29 is 9.90 Å². The first-order chi connectivity index (χ1) is 7.91. The van der Waals surface area contributed by atoms with Gasteiger partial charge in [0.25, 0.3) is 0 Å². The Balaban J connectivity index is 2.93. The highest BCUT2D eigenvalue weighted by Gasteiger charge is 2.15. The minimum atomic E-state index is -0.825. The Kier molecular flexibility index (Phi) is 4.97. The second kappa shape index (κ2) is 6.03. The van der Waals surface area contributed by atoms with E-state index >= 15 is 0 Å². The van der Waals surface area contributed by atoms with Gasteiger partial charge in [-0.3, -0.25) is 4.79 Å². The van der Waals surface area contributed by atoms with Crippen molar-refractivity contribution in [2.45, 2.75) is 38.6 Å². The number of nitrogens with two attached hydrogens (primary N) is 1. The summed E-state index contributed by atoms with van der Waals surface area (Å²) >= 11 is 5.96. The van der Waals surface area contributed by atoms with Crippen LogP contribution in [0, 0.1) is 0 Å². The van der Waals surface area contributed by atoms with E-state index in [1.54, 1.807) is 0 Å². The van der Waals surface area contributed by atoms with Crippen molar-refractivity contribution in [1.29, 1.82) is 0 Å². The first kappa shape index (κ1) is 14.0. The molecule has 0 aromatic heterocycles. The molecule has 0 aliphatic rings. The Morgan fingerprint density at radius 2 is 2.06 bits per heavy atom. The maximum absolute atomic E-state index is 10.5. The number of hydrogen-bond donors (Lipinski definition) is 2. The lowest BCUT2D eigenvalue weighted by Gasteiger charge is -2.18. The molecule has 0 aliphatic heterocycles. The third-order valence-corrected chi connectivity index (χ3v) is 2.97. The molecule has 0 saturated heterocycles. The Labute approximate surface area is 107 Å². The largest absolute Gasteiger partial charge is 0.481 e. The number of carbonyl (C=O) groups is 1. The molecule has 1 atom stereocenters. The standard InChI is InChI=1S/C13H18ClNO2/c1-8(2)10-4-3-9(14)7-11(10)12(15)5-6-13(16)17/h3-4,7-8,12H,5-6,15H2,1-2H3,(H,16,17). The van der Waals surface area contributed by atoms with Crippen LogP contribution in [0.4, 0.5) is 0 Å². The van der Waals surface area contributed by atoms with Crippen molar-refractivity contribution in [3.05, 3.63) is 34.3 Å². The molecule has 0 spiro atoms. The fraction of sp³-hybridized carbons (Fsp3) is 0.462. The minimum Gasteiger partial charge on any atom is -0.481 e. The molecule has 1 rings (SSSR count). The summed E-state index contributed by atoms with van der Waals surface area (Å²) in [4.78, 5) is 10.5. The van der Waals surface area contributed by atoms with Crippen molar-refractivity contribution in [2.24, 2.45) is 5.73 Å². The molecule has 1 aromatic carbocycles. The van der Waals surface area contributed by atoms with E-state index in [1.165, 1.54) is 0 Å². The molecule has 0 saturated carbocycles. The lowest BCUT2D eigenvalue weighted by molar-refractivity contribution is -0.137. The summed E-state index contributed by atoms with van der Waals surface area (Å²) in [6.07, 6.45) is 0.501. The predicted octanol–water partition coefficient (Wildman–Crippen LogP) is 3.33. The van der Waals surface area contributed by atoms with Crippen LogP contribution < -0.4 is 5.73 Å². The summed E-state index contributed by atoms with van der Waals surface area (Å²) in [5.74, 6) is -0.480. The first-order valence-corrected chi connectivity index (χ1v) is 6.06. The van der Waals surface area contributed by atoms with E-state index in [-0.39, 0.29) is 12.5 Å². The fourth-order valence-corrected chi connectivity index (χ4v) is 2.01. The molecule has 0 heterocycles. The smallest absolute Gasteiger partial charge is 0.303 e. The Morgan fingerprint density at radius 3 is 2.59 bits per heavy atom. The quantitative estimate of drug-likeness (QED) is 0.848. The highest BCUT2D eigenvalue weighted by atomic mass is 35.5. The second-order valence-corrected chi connectivity index (χ2v) is 4.90. The lowest BCUT2D eigenvalue weighted by Crippen LogP contribution is -2.15. The summed E-state index contributed by atoms with van der Waals surface area (Å²) in [7, 11) is 0. The van der Waals surface area contributed by atoms with Gasteiger partial charge in [-0.15, -0.1) is 0 Å². The molecule has 3 nitrogen and oxygen atoms in total. The summed E-state index contributed by atoms with van der Waals surface area (Å²) in [5, 5.41) is 9.30. The predicted molar refractivity (Wildman–Crippen MR) is 69.3 cm³/mol. The van der Waals surface area contributed by atoms with E-state index in [1.807, 2.05) is 18.2 Å². The zero-order valence-electron chi connectivity index (χ0n) is 10.1. The second-order valence-electron chi connectivity index (χ2n) is 4.47. The molecule has 0 aliphatic carbocycles. The monoisotopic (exact) mass is 255 g/mol. The fourth-order valence-electron chi connectivity index (χ4n) is 1.83. The van der Waals surface area contributed by atoms with E-state index in [0.29, 0.717) is 17.4 Å². The van der Waals surface area contributed by atoms with Gasteiger partial charge >= 0.3 is 5.97 Å². The number of carboxylic acid groups (broad SMARTS) is 1. The van der Waals surface area contributed by atoms with Crippen molar-refractivity contribution in [3.8, 4) is 0 Å². The van der Waals surface area contributed by atoms with Crippen LogP contribution in [0.1, 0.15) is 49.8 Å². The van der Waals surface area contributed by atoms with Gasteiger partial charge in [0.1, 0.15) is 0 Å². The van der Waals surface area contributed by atoms with Crippen LogP contribution in [0.5, 0.6) is 0 Å². The molecule has 0 fully saturated rings. The van der Waals surface area contributed by atoms with Crippen LogP contribution in [0.2, 0.25) is 5.02 Å². The Hall–Kier alpha value is -1.06. The van der Waals surface area contributed by atoms with E-state index in [9.17, 15) is 4.79 Å². The van der Waals surface area contributed by atoms with Crippen LogP contribution in [-0.4, -0.2) is 11.1 Å². The third kappa shape index (κ3) is 4.02. The molecule has 94 valence electrons. The molecule has 0 radical (unpaired) electrons. The normalized spacial score (nSPS) is 12.8. The van der Waals surface area contributed by atoms with Gasteiger partial charge in [-0.25, -0.2) is 0 Å². The molecular formula is C13H18ClNO2. The Bertz CT molecular complexity index is 404. The van der Waals surface area contributed by atoms with Crippen LogP contribution in [-0.2, 0) is 4.79 Å². The number of aliphatic carboxylic acids is 1. The highest BCUT2D eigenvalue weighted by Crippen LogP contribution is 2.28. The topological polar surface area (TPSA) is 63.3 Å². The number of rotatable bonds is 5. The van der Waals surface area contributed by atoms with E-state index in [4.69, 9.17) is 22.4 Å². The van der Waals surface area contributed by atoms with Crippen LogP contribution >= 0.6 is 11.6 Å². The molecule has 1 aromatic rings.